The lowest BCUT2D eigenvalue weighted by molar-refractivity contribution is -0.171. The first kappa shape index (κ1) is 14.9. The molecular formula is C8H16O5P2. The van der Waals surface area contributed by atoms with Gasteiger partial charge in [-0.25, -0.2) is 4.57 Å². The van der Waals surface area contributed by atoms with Crippen molar-refractivity contribution < 1.29 is 23.4 Å². The van der Waals surface area contributed by atoms with E-state index in [0.717, 1.165) is 12.8 Å². The second-order valence-electron chi connectivity index (χ2n) is 2.70. The zero-order valence-corrected chi connectivity index (χ0v) is 10.8. The van der Waals surface area contributed by atoms with Gasteiger partial charge in [0.2, 0.25) is 0 Å². The minimum Gasteiger partial charge on any atom is -0.595 e. The summed E-state index contributed by atoms with van der Waals surface area (Å²) in [5.74, 6) is 0.110. The molecule has 1 N–H and O–H groups in total. The summed E-state index contributed by atoms with van der Waals surface area (Å²) in [6, 6.07) is 0. The summed E-state index contributed by atoms with van der Waals surface area (Å²) in [4.78, 5) is 19.7. The molecule has 0 rings (SSSR count). The highest BCUT2D eigenvalue weighted by Crippen LogP contribution is 2.22. The van der Waals surface area contributed by atoms with Crippen LogP contribution >= 0.6 is 16.3 Å². The average Bonchev–Trinajstić information content (AvgIpc) is 2.16. The van der Waals surface area contributed by atoms with Gasteiger partial charge in [0.15, 0.2) is 11.2 Å². The molecule has 88 valence electrons. The van der Waals surface area contributed by atoms with Crippen LogP contribution in [0.3, 0.4) is 0 Å². The molecule has 2 atom stereocenters. The van der Waals surface area contributed by atoms with Crippen LogP contribution < -0.4 is 4.89 Å². The third-order valence-corrected chi connectivity index (χ3v) is 2.72. The Morgan fingerprint density at radius 2 is 2.27 bits per heavy atom. The van der Waals surface area contributed by atoms with Crippen LogP contribution in [0.25, 0.3) is 0 Å². The molecule has 0 bridgehead atoms. The van der Waals surface area contributed by atoms with Gasteiger partial charge in [-0.1, -0.05) is 20.3 Å². The molecule has 0 amide bonds. The highest BCUT2D eigenvalue weighted by Gasteiger charge is 2.03. The van der Waals surface area contributed by atoms with E-state index in [2.05, 4.69) is 9.98 Å². The van der Waals surface area contributed by atoms with Crippen molar-refractivity contribution in [1.29, 1.82) is 0 Å². The highest BCUT2D eigenvalue weighted by atomic mass is 31.1. The number of hydrogen-bond acceptors (Lipinski definition) is 4. The molecule has 0 aliphatic heterocycles. The van der Waals surface area contributed by atoms with E-state index in [1.807, 2.05) is 6.92 Å². The summed E-state index contributed by atoms with van der Waals surface area (Å²) < 4.78 is 19.8. The van der Waals surface area contributed by atoms with Gasteiger partial charge in [0.25, 0.3) is 8.00 Å². The molecule has 0 fully saturated rings. The Balaban J connectivity index is 4.33. The Hall–Kier alpha value is -0.140. The molecule has 0 spiro atoms. The Labute approximate surface area is 91.2 Å². The van der Waals surface area contributed by atoms with Gasteiger partial charge in [-0.2, -0.15) is 4.52 Å². The second kappa shape index (κ2) is 9.11. The maximum Gasteiger partial charge on any atom is 0.365 e. The lowest BCUT2D eigenvalue weighted by Crippen LogP contribution is -1.96. The van der Waals surface area contributed by atoms with Crippen LogP contribution in [0.4, 0.5) is 0 Å². The van der Waals surface area contributed by atoms with E-state index in [0.29, 0.717) is 13.0 Å². The SMILES string of the molecule is CCCCO[P+]([O-])=C=C(CC)O[PH](=O)O. The maximum atomic E-state index is 11.2. The lowest BCUT2D eigenvalue weighted by atomic mass is 10.4. The minimum atomic E-state index is -3.05. The number of unbranched alkanes of at least 4 members (excludes halogenated alkanes) is 1. The summed E-state index contributed by atoms with van der Waals surface area (Å²) in [5.41, 5.74) is 2.40. The van der Waals surface area contributed by atoms with Crippen LogP contribution in [-0.4, -0.2) is 17.0 Å². The van der Waals surface area contributed by atoms with Crippen molar-refractivity contribution in [3.63, 3.8) is 0 Å². The summed E-state index contributed by atoms with van der Waals surface area (Å²) in [6.45, 7) is 4.10. The summed E-state index contributed by atoms with van der Waals surface area (Å²) in [6.07, 6.45) is 2.13. The standard InChI is InChI=1S/C8H16O5P2/c1-3-5-6-12-14(9)7-8(4-2)13-15(10)11/h15H,3-6H2,1-2H3,(H,10,11). The predicted molar refractivity (Wildman–Crippen MR) is 58.9 cm³/mol. The first-order valence-corrected chi connectivity index (χ1v) is 7.17. The topological polar surface area (TPSA) is 78.8 Å². The van der Waals surface area contributed by atoms with E-state index in [-0.39, 0.29) is 5.76 Å². The van der Waals surface area contributed by atoms with Crippen LogP contribution in [0.2, 0.25) is 0 Å². The smallest absolute Gasteiger partial charge is 0.365 e. The fourth-order valence-electron chi connectivity index (χ4n) is 0.705. The van der Waals surface area contributed by atoms with E-state index in [1.54, 1.807) is 6.92 Å². The molecular weight excluding hydrogens is 238 g/mol. The molecule has 0 aromatic heterocycles. The minimum absolute atomic E-state index is 0.110. The fourth-order valence-corrected chi connectivity index (χ4v) is 1.96. The average molecular weight is 254 g/mol. The van der Waals surface area contributed by atoms with E-state index in [1.165, 1.54) is 0 Å². The molecule has 0 aliphatic rings. The van der Waals surface area contributed by atoms with Crippen molar-refractivity contribution in [3.8, 4) is 0 Å². The van der Waals surface area contributed by atoms with Crippen molar-refractivity contribution >= 4 is 21.7 Å². The van der Waals surface area contributed by atoms with E-state index in [4.69, 9.17) is 9.42 Å². The quantitative estimate of drug-likeness (QED) is 0.424. The lowest BCUT2D eigenvalue weighted by Gasteiger charge is -1.99. The third kappa shape index (κ3) is 8.83. The molecule has 7 heteroatoms. The predicted octanol–water partition coefficient (Wildman–Crippen LogP) is 1.57. The van der Waals surface area contributed by atoms with Gasteiger partial charge in [0, 0.05) is 6.42 Å². The zero-order valence-electron chi connectivity index (χ0n) is 8.86. The van der Waals surface area contributed by atoms with E-state index in [9.17, 15) is 9.46 Å². The van der Waals surface area contributed by atoms with Crippen molar-refractivity contribution in [2.75, 3.05) is 6.61 Å². The van der Waals surface area contributed by atoms with Crippen LogP contribution in [0.15, 0.2) is 5.76 Å². The summed E-state index contributed by atoms with van der Waals surface area (Å²) in [7, 11) is -5.11. The monoisotopic (exact) mass is 254 g/mol. The molecule has 5 nitrogen and oxygen atoms in total. The second-order valence-corrected chi connectivity index (χ2v) is 4.43. The van der Waals surface area contributed by atoms with Gasteiger partial charge in [-0.3, -0.25) is 0 Å². The highest BCUT2D eigenvalue weighted by molar-refractivity contribution is 7.44. The normalized spacial score (nSPS) is 12.9. The molecule has 0 saturated carbocycles. The third-order valence-electron chi connectivity index (χ3n) is 1.45. The van der Waals surface area contributed by atoms with E-state index < -0.39 is 16.3 Å². The van der Waals surface area contributed by atoms with Gasteiger partial charge < -0.3 is 14.3 Å². The van der Waals surface area contributed by atoms with Gasteiger partial charge in [0.05, 0.1) is 6.61 Å². The van der Waals surface area contributed by atoms with Gasteiger partial charge in [-0.05, 0) is 6.42 Å². The van der Waals surface area contributed by atoms with E-state index >= 15 is 0 Å². The molecule has 0 aliphatic carbocycles. The van der Waals surface area contributed by atoms with Crippen molar-refractivity contribution in [2.24, 2.45) is 0 Å². The molecule has 15 heavy (non-hydrogen) atoms. The van der Waals surface area contributed by atoms with Crippen molar-refractivity contribution in [3.05, 3.63) is 5.76 Å². The summed E-state index contributed by atoms with van der Waals surface area (Å²) >= 11 is 0. The first-order valence-electron chi connectivity index (χ1n) is 4.73. The zero-order chi connectivity index (χ0) is 11.7. The largest absolute Gasteiger partial charge is 0.595 e. The number of allylic oxidation sites excluding steroid dienone is 1. The molecule has 0 radical (unpaired) electrons. The molecule has 0 aromatic carbocycles. The number of rotatable bonds is 7. The Kier molecular flexibility index (Phi) is 9.03. The first-order chi connectivity index (χ1) is 7.10. The maximum absolute atomic E-state index is 11.2. The van der Waals surface area contributed by atoms with Gasteiger partial charge in [-0.15, -0.1) is 0 Å². The molecule has 0 saturated heterocycles. The van der Waals surface area contributed by atoms with Crippen LogP contribution in [0.1, 0.15) is 33.1 Å². The van der Waals surface area contributed by atoms with Gasteiger partial charge >= 0.3 is 8.25 Å². The Morgan fingerprint density at radius 1 is 1.60 bits per heavy atom. The fraction of sp³-hybridized carbons (Fsp3) is 0.750. The van der Waals surface area contributed by atoms with Gasteiger partial charge in [0.1, 0.15) is 0 Å². The van der Waals surface area contributed by atoms with Crippen molar-refractivity contribution in [2.45, 2.75) is 33.1 Å². The van der Waals surface area contributed by atoms with Crippen LogP contribution in [-0.2, 0) is 13.6 Å². The Bertz CT molecular complexity index is 270. The Morgan fingerprint density at radius 3 is 2.73 bits per heavy atom. The molecule has 0 heterocycles. The molecule has 2 unspecified atom stereocenters. The molecule has 0 aromatic rings. The van der Waals surface area contributed by atoms with Crippen molar-refractivity contribution in [1.82, 2.24) is 0 Å². The van der Waals surface area contributed by atoms with Crippen LogP contribution in [0, 0.1) is 0 Å². The number of hydrogen-bond donors (Lipinski definition) is 1. The summed E-state index contributed by atoms with van der Waals surface area (Å²) in [5, 5.41) is 0. The van der Waals surface area contributed by atoms with Crippen LogP contribution in [0.5, 0.6) is 0 Å².